The number of allylic oxidation sites excluding steroid dienone is 6. The third kappa shape index (κ3) is 8.85. The standard InChI is InChI=1S/C13H20.C9H13NO/c1-2-3-4-5-7-10-13-11-8-6-9-12-13;1-7(10)9(11)8-5-3-2-4-6-8/h2-5,7,10,13H,6,8-9,11-12H2,1H3;2-7,9,11H,10H2,1H3/b3-2-,5-4-,10-7+;/t;7-,9+/m.0/s1. The van der Waals surface area contributed by atoms with E-state index in [1.165, 1.54) is 32.1 Å². The van der Waals surface area contributed by atoms with Crippen LogP contribution >= 0.6 is 0 Å². The molecule has 1 aromatic rings. The Morgan fingerprint density at radius 1 is 1.00 bits per heavy atom. The highest BCUT2D eigenvalue weighted by Crippen LogP contribution is 2.24. The maximum atomic E-state index is 9.47. The van der Waals surface area contributed by atoms with Crippen LogP contribution in [-0.4, -0.2) is 11.1 Å². The quantitative estimate of drug-likeness (QED) is 0.719. The molecule has 0 amide bonds. The zero-order chi connectivity index (χ0) is 17.6. The Morgan fingerprint density at radius 2 is 1.62 bits per heavy atom. The number of benzene rings is 1. The van der Waals surface area contributed by atoms with Gasteiger partial charge in [-0.15, -0.1) is 0 Å². The predicted molar refractivity (Wildman–Crippen MR) is 105 cm³/mol. The van der Waals surface area contributed by atoms with Crippen LogP contribution in [0.3, 0.4) is 0 Å². The first-order chi connectivity index (χ1) is 11.6. The Morgan fingerprint density at radius 3 is 2.21 bits per heavy atom. The van der Waals surface area contributed by atoms with Gasteiger partial charge in [0.05, 0.1) is 6.10 Å². The fourth-order valence-corrected chi connectivity index (χ4v) is 2.74. The fourth-order valence-electron chi connectivity index (χ4n) is 2.74. The molecule has 1 saturated carbocycles. The summed E-state index contributed by atoms with van der Waals surface area (Å²) in [5, 5.41) is 9.47. The summed E-state index contributed by atoms with van der Waals surface area (Å²) in [4.78, 5) is 0. The smallest absolute Gasteiger partial charge is 0.0938 e. The van der Waals surface area contributed by atoms with Gasteiger partial charge in [0, 0.05) is 6.04 Å². The zero-order valence-electron chi connectivity index (χ0n) is 15.1. The second kappa shape index (κ2) is 12.7. The Hall–Kier alpha value is -1.64. The summed E-state index contributed by atoms with van der Waals surface area (Å²) in [5.74, 6) is 0.851. The summed E-state index contributed by atoms with van der Waals surface area (Å²) in [7, 11) is 0. The van der Waals surface area contributed by atoms with Gasteiger partial charge in [0.15, 0.2) is 0 Å². The summed E-state index contributed by atoms with van der Waals surface area (Å²) in [6, 6.07) is 9.22. The highest BCUT2D eigenvalue weighted by molar-refractivity contribution is 5.18. The molecule has 24 heavy (non-hydrogen) atoms. The molecule has 3 N–H and O–H groups in total. The van der Waals surface area contributed by atoms with Crippen molar-refractivity contribution in [3.05, 3.63) is 72.4 Å². The summed E-state index contributed by atoms with van der Waals surface area (Å²) in [6.07, 6.45) is 19.4. The van der Waals surface area contributed by atoms with E-state index in [0.717, 1.165) is 11.5 Å². The number of rotatable bonds is 5. The zero-order valence-corrected chi connectivity index (χ0v) is 15.1. The molecule has 132 valence electrons. The van der Waals surface area contributed by atoms with Crippen LogP contribution in [0.4, 0.5) is 0 Å². The molecule has 2 nitrogen and oxygen atoms in total. The predicted octanol–water partition coefficient (Wildman–Crippen LogP) is 5.32. The molecule has 2 heteroatoms. The van der Waals surface area contributed by atoms with Gasteiger partial charge in [-0.2, -0.15) is 0 Å². The van der Waals surface area contributed by atoms with Crippen molar-refractivity contribution >= 4 is 0 Å². The van der Waals surface area contributed by atoms with Crippen LogP contribution in [0.15, 0.2) is 66.8 Å². The fraction of sp³-hybridized carbons (Fsp3) is 0.455. The molecule has 0 saturated heterocycles. The molecule has 1 aromatic carbocycles. The van der Waals surface area contributed by atoms with Crippen molar-refractivity contribution in [3.63, 3.8) is 0 Å². The molecular formula is C22H33NO. The second-order valence-corrected chi connectivity index (χ2v) is 6.41. The van der Waals surface area contributed by atoms with Crippen LogP contribution in [0, 0.1) is 5.92 Å². The van der Waals surface area contributed by atoms with Gasteiger partial charge in [-0.3, -0.25) is 0 Å². The van der Waals surface area contributed by atoms with Gasteiger partial charge in [0.25, 0.3) is 0 Å². The molecule has 2 atom stereocenters. The largest absolute Gasteiger partial charge is 0.387 e. The van der Waals surface area contributed by atoms with Gasteiger partial charge in [0.1, 0.15) is 0 Å². The van der Waals surface area contributed by atoms with Crippen LogP contribution in [0.5, 0.6) is 0 Å². The average Bonchev–Trinajstić information content (AvgIpc) is 2.63. The van der Waals surface area contributed by atoms with Crippen LogP contribution in [0.2, 0.25) is 0 Å². The minimum atomic E-state index is -0.545. The van der Waals surface area contributed by atoms with Gasteiger partial charge < -0.3 is 10.8 Å². The maximum Gasteiger partial charge on any atom is 0.0938 e. The van der Waals surface area contributed by atoms with E-state index in [2.05, 4.69) is 30.4 Å². The molecule has 0 bridgehead atoms. The lowest BCUT2D eigenvalue weighted by molar-refractivity contribution is 0.153. The van der Waals surface area contributed by atoms with E-state index in [4.69, 9.17) is 5.73 Å². The molecule has 1 aliphatic rings. The number of hydrogen-bond donors (Lipinski definition) is 2. The van der Waals surface area contributed by atoms with Crippen LogP contribution in [-0.2, 0) is 0 Å². The SMILES string of the molecule is C[C@H](N)[C@@H](O)c1ccccc1.C\C=C/C=C\C=C\C1CCCCC1. The third-order valence-corrected chi connectivity index (χ3v) is 4.20. The van der Waals surface area contributed by atoms with Crippen molar-refractivity contribution in [2.75, 3.05) is 0 Å². The molecule has 1 aliphatic carbocycles. The maximum absolute atomic E-state index is 9.47. The Kier molecular flexibility index (Phi) is 10.8. The molecule has 0 spiro atoms. The number of aliphatic hydroxyl groups excluding tert-OH is 1. The van der Waals surface area contributed by atoms with E-state index in [1.54, 1.807) is 6.92 Å². The van der Waals surface area contributed by atoms with Crippen LogP contribution in [0.25, 0.3) is 0 Å². The Labute approximate surface area is 147 Å². The van der Waals surface area contributed by atoms with E-state index < -0.39 is 6.10 Å². The lowest BCUT2D eigenvalue weighted by atomic mass is 9.89. The minimum absolute atomic E-state index is 0.211. The van der Waals surface area contributed by atoms with Crippen LogP contribution < -0.4 is 5.73 Å². The van der Waals surface area contributed by atoms with E-state index in [9.17, 15) is 5.11 Å². The topological polar surface area (TPSA) is 46.2 Å². The third-order valence-electron chi connectivity index (χ3n) is 4.20. The average molecular weight is 328 g/mol. The first kappa shape index (κ1) is 20.4. The van der Waals surface area contributed by atoms with Crippen molar-refractivity contribution < 1.29 is 5.11 Å². The monoisotopic (exact) mass is 327 g/mol. The summed E-state index contributed by atoms with van der Waals surface area (Å²) in [5.41, 5.74) is 6.40. The molecule has 0 unspecified atom stereocenters. The molecule has 0 heterocycles. The van der Waals surface area contributed by atoms with Crippen molar-refractivity contribution in [2.24, 2.45) is 11.7 Å². The number of aliphatic hydroxyl groups is 1. The van der Waals surface area contributed by atoms with E-state index in [1.807, 2.05) is 43.3 Å². The first-order valence-electron chi connectivity index (χ1n) is 9.10. The lowest BCUT2D eigenvalue weighted by Gasteiger charge is -2.17. The second-order valence-electron chi connectivity index (χ2n) is 6.41. The van der Waals surface area contributed by atoms with Gasteiger partial charge in [-0.1, -0.05) is 86.1 Å². The molecule has 0 aromatic heterocycles. The van der Waals surface area contributed by atoms with Gasteiger partial charge in [-0.05, 0) is 38.2 Å². The van der Waals surface area contributed by atoms with Crippen LogP contribution in [0.1, 0.15) is 57.6 Å². The summed E-state index contributed by atoms with van der Waals surface area (Å²) >= 11 is 0. The first-order valence-corrected chi connectivity index (χ1v) is 9.10. The number of nitrogens with two attached hydrogens (primary N) is 1. The van der Waals surface area contributed by atoms with Gasteiger partial charge in [-0.25, -0.2) is 0 Å². The molecule has 0 radical (unpaired) electrons. The van der Waals surface area contributed by atoms with Crippen molar-refractivity contribution in [1.82, 2.24) is 0 Å². The normalized spacial score (nSPS) is 18.7. The Balaban J connectivity index is 0.000000243. The molecule has 0 aliphatic heterocycles. The van der Waals surface area contributed by atoms with E-state index in [0.29, 0.717) is 0 Å². The lowest BCUT2D eigenvalue weighted by Crippen LogP contribution is -2.24. The molecular weight excluding hydrogens is 294 g/mol. The van der Waals surface area contributed by atoms with Gasteiger partial charge in [0.2, 0.25) is 0 Å². The highest BCUT2D eigenvalue weighted by Gasteiger charge is 2.10. The van der Waals surface area contributed by atoms with E-state index in [-0.39, 0.29) is 6.04 Å². The summed E-state index contributed by atoms with van der Waals surface area (Å²) in [6.45, 7) is 3.83. The molecule has 1 fully saturated rings. The minimum Gasteiger partial charge on any atom is -0.387 e. The Bertz CT molecular complexity index is 496. The molecule has 2 rings (SSSR count). The van der Waals surface area contributed by atoms with Crippen molar-refractivity contribution in [3.8, 4) is 0 Å². The van der Waals surface area contributed by atoms with E-state index >= 15 is 0 Å². The summed E-state index contributed by atoms with van der Waals surface area (Å²) < 4.78 is 0. The van der Waals surface area contributed by atoms with Crippen molar-refractivity contribution in [1.29, 1.82) is 0 Å². The van der Waals surface area contributed by atoms with Crippen molar-refractivity contribution in [2.45, 2.75) is 58.1 Å². The number of hydrogen-bond acceptors (Lipinski definition) is 2. The highest BCUT2D eigenvalue weighted by atomic mass is 16.3. The van der Waals surface area contributed by atoms with Gasteiger partial charge >= 0.3 is 0 Å².